The van der Waals surface area contributed by atoms with Gasteiger partial charge in [0.1, 0.15) is 10.6 Å². The van der Waals surface area contributed by atoms with Crippen molar-refractivity contribution in [3.63, 3.8) is 0 Å². The molecule has 0 saturated carbocycles. The molecule has 1 aliphatic rings. The average Bonchev–Trinajstić information content (AvgIpc) is 2.91. The number of fused-ring (bicyclic) bond motifs is 1. The molecule has 6 heteroatoms. The molecule has 0 radical (unpaired) electrons. The summed E-state index contributed by atoms with van der Waals surface area (Å²) >= 11 is 5.31. The smallest absolute Gasteiger partial charge is 0.410 e. The lowest BCUT2D eigenvalue weighted by atomic mass is 10.1. The van der Waals surface area contributed by atoms with Gasteiger partial charge in [-0.3, -0.25) is 0 Å². The van der Waals surface area contributed by atoms with Crippen LogP contribution in [0.25, 0.3) is 10.6 Å². The molecule has 0 bridgehead atoms. The van der Waals surface area contributed by atoms with E-state index < -0.39 is 5.60 Å². The van der Waals surface area contributed by atoms with Gasteiger partial charge in [-0.2, -0.15) is 0 Å². The third kappa shape index (κ3) is 3.64. The van der Waals surface area contributed by atoms with Gasteiger partial charge in [-0.25, -0.2) is 9.78 Å². The van der Waals surface area contributed by atoms with Gasteiger partial charge in [0.15, 0.2) is 0 Å². The van der Waals surface area contributed by atoms with E-state index in [2.05, 4.69) is 28.9 Å². The number of amides is 1. The molecule has 1 aliphatic heterocycles. The lowest BCUT2D eigenvalue weighted by Gasteiger charge is -2.29. The third-order valence-corrected chi connectivity index (χ3v) is 5.93. The zero-order valence-electron chi connectivity index (χ0n) is 14.4. The van der Waals surface area contributed by atoms with Crippen LogP contribution in [-0.2, 0) is 17.7 Å². The molecule has 0 aliphatic carbocycles. The Morgan fingerprint density at radius 1 is 1.38 bits per heavy atom. The molecule has 128 valence electrons. The van der Waals surface area contributed by atoms with Crippen molar-refractivity contribution in [2.45, 2.75) is 46.3 Å². The molecule has 0 N–H and O–H groups in total. The highest BCUT2D eigenvalue weighted by molar-refractivity contribution is 9.10. The SMILES string of the molecule is Cc1c(Br)cccc1-c1nc2c(s1)CCN(C(=O)OC(C)(C)C)C2. The Morgan fingerprint density at radius 3 is 2.83 bits per heavy atom. The van der Waals surface area contributed by atoms with E-state index in [9.17, 15) is 4.79 Å². The Morgan fingerprint density at radius 2 is 2.12 bits per heavy atom. The van der Waals surface area contributed by atoms with Gasteiger partial charge in [-0.15, -0.1) is 11.3 Å². The third-order valence-electron chi connectivity index (χ3n) is 3.88. The first-order chi connectivity index (χ1) is 11.2. The van der Waals surface area contributed by atoms with Crippen molar-refractivity contribution >= 4 is 33.4 Å². The molecule has 3 rings (SSSR count). The summed E-state index contributed by atoms with van der Waals surface area (Å²) in [6.45, 7) is 8.95. The first-order valence-electron chi connectivity index (χ1n) is 7.96. The molecule has 0 unspecified atom stereocenters. The number of carbonyl (C=O) groups excluding carboxylic acids is 1. The zero-order valence-corrected chi connectivity index (χ0v) is 16.8. The molecular weight excluding hydrogens is 388 g/mol. The second kappa shape index (κ2) is 6.48. The van der Waals surface area contributed by atoms with Crippen molar-refractivity contribution in [3.05, 3.63) is 38.8 Å². The molecule has 0 spiro atoms. The summed E-state index contributed by atoms with van der Waals surface area (Å²) < 4.78 is 6.56. The van der Waals surface area contributed by atoms with Crippen LogP contribution in [0.4, 0.5) is 4.79 Å². The molecule has 1 aromatic carbocycles. The summed E-state index contributed by atoms with van der Waals surface area (Å²) in [4.78, 5) is 20.1. The van der Waals surface area contributed by atoms with E-state index in [1.807, 2.05) is 32.9 Å². The summed E-state index contributed by atoms with van der Waals surface area (Å²) in [5, 5.41) is 1.02. The minimum Gasteiger partial charge on any atom is -0.444 e. The Hall–Kier alpha value is -1.40. The van der Waals surface area contributed by atoms with Gasteiger partial charge >= 0.3 is 6.09 Å². The van der Waals surface area contributed by atoms with Gasteiger partial charge in [0.05, 0.1) is 12.2 Å². The summed E-state index contributed by atoms with van der Waals surface area (Å²) in [7, 11) is 0. The normalized spacial score (nSPS) is 14.5. The number of benzene rings is 1. The number of halogens is 1. The van der Waals surface area contributed by atoms with Crippen LogP contribution in [-0.4, -0.2) is 28.1 Å². The number of thiazole rings is 1. The standard InChI is InChI=1S/C18H21BrN2O2S/c1-11-12(6-5-7-13(11)19)16-20-14-10-21(9-8-15(14)24-16)17(22)23-18(2,3)4/h5-7H,8-10H2,1-4H3. The molecule has 4 nitrogen and oxygen atoms in total. The topological polar surface area (TPSA) is 42.4 Å². The predicted octanol–water partition coefficient (Wildman–Crippen LogP) is 5.17. The van der Waals surface area contributed by atoms with E-state index in [4.69, 9.17) is 9.72 Å². The molecule has 0 saturated heterocycles. The van der Waals surface area contributed by atoms with E-state index in [0.717, 1.165) is 27.2 Å². The maximum absolute atomic E-state index is 12.3. The Bertz CT molecular complexity index is 780. The van der Waals surface area contributed by atoms with Crippen molar-refractivity contribution < 1.29 is 9.53 Å². The van der Waals surface area contributed by atoms with Crippen LogP contribution in [0.5, 0.6) is 0 Å². The van der Waals surface area contributed by atoms with Gasteiger partial charge in [0.2, 0.25) is 0 Å². The highest BCUT2D eigenvalue weighted by Gasteiger charge is 2.28. The number of hydrogen-bond acceptors (Lipinski definition) is 4. The van der Waals surface area contributed by atoms with Gasteiger partial charge < -0.3 is 9.64 Å². The number of nitrogens with zero attached hydrogens (tertiary/aromatic N) is 2. The number of rotatable bonds is 1. The van der Waals surface area contributed by atoms with Crippen LogP contribution in [0, 0.1) is 6.92 Å². The van der Waals surface area contributed by atoms with Crippen LogP contribution in [0.15, 0.2) is 22.7 Å². The molecular formula is C18H21BrN2O2S. The number of ether oxygens (including phenoxy) is 1. The van der Waals surface area contributed by atoms with E-state index in [1.54, 1.807) is 16.2 Å². The first-order valence-corrected chi connectivity index (χ1v) is 9.57. The molecule has 2 aromatic rings. The summed E-state index contributed by atoms with van der Waals surface area (Å²) in [6, 6.07) is 6.16. The van der Waals surface area contributed by atoms with E-state index in [0.29, 0.717) is 13.1 Å². The maximum Gasteiger partial charge on any atom is 0.410 e. The monoisotopic (exact) mass is 408 g/mol. The molecule has 1 amide bonds. The summed E-state index contributed by atoms with van der Waals surface area (Å²) in [5.74, 6) is 0. The lowest BCUT2D eigenvalue weighted by molar-refractivity contribution is 0.0222. The van der Waals surface area contributed by atoms with Crippen molar-refractivity contribution in [2.24, 2.45) is 0 Å². The Kier molecular flexibility index (Phi) is 4.71. The molecule has 24 heavy (non-hydrogen) atoms. The number of carbonyl (C=O) groups is 1. The molecule has 0 atom stereocenters. The molecule has 0 fully saturated rings. The fourth-order valence-electron chi connectivity index (χ4n) is 2.64. The highest BCUT2D eigenvalue weighted by atomic mass is 79.9. The maximum atomic E-state index is 12.3. The number of hydrogen-bond donors (Lipinski definition) is 0. The average molecular weight is 409 g/mol. The lowest BCUT2D eigenvalue weighted by Crippen LogP contribution is -2.39. The number of aromatic nitrogens is 1. The van der Waals surface area contributed by atoms with Crippen LogP contribution in [0.3, 0.4) is 0 Å². The van der Waals surface area contributed by atoms with Crippen molar-refractivity contribution in [2.75, 3.05) is 6.54 Å². The van der Waals surface area contributed by atoms with E-state index >= 15 is 0 Å². The van der Waals surface area contributed by atoms with Crippen molar-refractivity contribution in [3.8, 4) is 10.6 Å². The Balaban J connectivity index is 1.83. The van der Waals surface area contributed by atoms with Gasteiger partial charge in [-0.1, -0.05) is 28.1 Å². The highest BCUT2D eigenvalue weighted by Crippen LogP contribution is 2.35. The Labute approximate surface area is 155 Å². The fourth-order valence-corrected chi connectivity index (χ4v) is 4.14. The minimum atomic E-state index is -0.474. The van der Waals surface area contributed by atoms with Crippen LogP contribution >= 0.6 is 27.3 Å². The van der Waals surface area contributed by atoms with E-state index in [-0.39, 0.29) is 6.09 Å². The van der Waals surface area contributed by atoms with Crippen molar-refractivity contribution in [1.29, 1.82) is 0 Å². The predicted molar refractivity (Wildman–Crippen MR) is 100 cm³/mol. The molecule has 1 aromatic heterocycles. The van der Waals surface area contributed by atoms with Crippen LogP contribution < -0.4 is 0 Å². The summed E-state index contributed by atoms with van der Waals surface area (Å²) in [6.07, 6.45) is 0.570. The first kappa shape index (κ1) is 17.4. The van der Waals surface area contributed by atoms with Gasteiger partial charge in [-0.05, 0) is 39.3 Å². The fraction of sp³-hybridized carbons (Fsp3) is 0.444. The van der Waals surface area contributed by atoms with Crippen LogP contribution in [0.1, 0.15) is 36.9 Å². The second-order valence-electron chi connectivity index (χ2n) is 6.95. The van der Waals surface area contributed by atoms with Gasteiger partial charge in [0.25, 0.3) is 0 Å². The van der Waals surface area contributed by atoms with Crippen LogP contribution in [0.2, 0.25) is 0 Å². The largest absolute Gasteiger partial charge is 0.444 e. The minimum absolute atomic E-state index is 0.263. The summed E-state index contributed by atoms with van der Waals surface area (Å²) in [5.41, 5.74) is 2.85. The second-order valence-corrected chi connectivity index (χ2v) is 8.89. The van der Waals surface area contributed by atoms with Crippen molar-refractivity contribution in [1.82, 2.24) is 9.88 Å². The zero-order chi connectivity index (χ0) is 17.5. The quantitative estimate of drug-likeness (QED) is 0.652. The molecule has 2 heterocycles. The van der Waals surface area contributed by atoms with Gasteiger partial charge in [0, 0.05) is 27.9 Å². The van der Waals surface area contributed by atoms with E-state index in [1.165, 1.54) is 10.4 Å².